The van der Waals surface area contributed by atoms with Gasteiger partial charge in [0.1, 0.15) is 6.61 Å². The van der Waals surface area contributed by atoms with Crippen molar-refractivity contribution in [3.63, 3.8) is 0 Å². The van der Waals surface area contributed by atoms with Crippen LogP contribution in [0.25, 0.3) is 0 Å². The molecule has 0 spiro atoms. The summed E-state index contributed by atoms with van der Waals surface area (Å²) in [5.74, 6) is -0.409. The average molecular weight is 299 g/mol. The van der Waals surface area contributed by atoms with Gasteiger partial charge in [-0.3, -0.25) is 9.59 Å². The Balaban J connectivity index is 0.00000200. The maximum absolute atomic E-state index is 11.8. The van der Waals surface area contributed by atoms with E-state index in [1.807, 2.05) is 30.3 Å². The highest BCUT2D eigenvalue weighted by molar-refractivity contribution is 5.87. The average Bonchev–Trinajstić information content (AvgIpc) is 2.43. The van der Waals surface area contributed by atoms with Crippen molar-refractivity contribution in [3.8, 4) is 0 Å². The van der Waals surface area contributed by atoms with Crippen molar-refractivity contribution < 1.29 is 14.3 Å². The van der Waals surface area contributed by atoms with Crippen LogP contribution in [0.1, 0.15) is 12.0 Å². The van der Waals surface area contributed by atoms with E-state index >= 15 is 0 Å². The van der Waals surface area contributed by atoms with Gasteiger partial charge in [0.25, 0.3) is 0 Å². The molecule has 1 aromatic carbocycles. The molecule has 6 heteroatoms. The first-order chi connectivity index (χ1) is 9.16. The third-order valence-electron chi connectivity index (χ3n) is 3.13. The minimum Gasteiger partial charge on any atom is -0.461 e. The Labute approximate surface area is 124 Å². The first-order valence-corrected chi connectivity index (χ1v) is 6.35. The molecule has 1 atom stereocenters. The number of carbonyl (C=O) groups is 2. The van der Waals surface area contributed by atoms with Crippen molar-refractivity contribution in [1.29, 1.82) is 0 Å². The van der Waals surface area contributed by atoms with Crippen LogP contribution in [-0.2, 0) is 20.9 Å². The van der Waals surface area contributed by atoms with Gasteiger partial charge in [-0.1, -0.05) is 30.3 Å². The molecule has 1 N–H and O–H groups in total. The number of likely N-dealkylation sites (N-methyl/N-ethyl adjacent to an activating group) is 1. The largest absolute Gasteiger partial charge is 0.461 e. The molecule has 2 rings (SSSR count). The lowest BCUT2D eigenvalue weighted by atomic mass is 10.1. The number of hydrogen-bond acceptors (Lipinski definition) is 4. The first-order valence-electron chi connectivity index (χ1n) is 6.35. The summed E-state index contributed by atoms with van der Waals surface area (Å²) in [5.41, 5.74) is 0.941. The predicted molar refractivity (Wildman–Crippen MR) is 77.5 cm³/mol. The molecule has 1 aliphatic rings. The minimum absolute atomic E-state index is 0. The van der Waals surface area contributed by atoms with Crippen LogP contribution < -0.4 is 5.32 Å². The van der Waals surface area contributed by atoms with E-state index in [2.05, 4.69) is 5.32 Å². The van der Waals surface area contributed by atoms with Crippen molar-refractivity contribution in [1.82, 2.24) is 10.2 Å². The molecule has 20 heavy (non-hydrogen) atoms. The Hall–Kier alpha value is -1.59. The third kappa shape index (κ3) is 4.51. The summed E-state index contributed by atoms with van der Waals surface area (Å²) in [5, 5.41) is 3.04. The lowest BCUT2D eigenvalue weighted by Crippen LogP contribution is -2.54. The Morgan fingerprint density at radius 3 is 2.80 bits per heavy atom. The van der Waals surface area contributed by atoms with Crippen LogP contribution in [0.3, 0.4) is 0 Å². The zero-order valence-electron chi connectivity index (χ0n) is 11.4. The summed E-state index contributed by atoms with van der Waals surface area (Å²) < 4.78 is 5.16. The monoisotopic (exact) mass is 298 g/mol. The molecule has 1 amide bonds. The molecule has 1 fully saturated rings. The maximum Gasteiger partial charge on any atom is 0.308 e. The van der Waals surface area contributed by atoms with Crippen LogP contribution in [0.2, 0.25) is 0 Å². The minimum atomic E-state index is -0.456. The Kier molecular flexibility index (Phi) is 6.48. The number of nitrogens with zero attached hydrogens (tertiary/aromatic N) is 1. The van der Waals surface area contributed by atoms with Crippen molar-refractivity contribution in [2.75, 3.05) is 20.1 Å². The van der Waals surface area contributed by atoms with E-state index in [-0.39, 0.29) is 37.3 Å². The van der Waals surface area contributed by atoms with Crippen LogP contribution in [-0.4, -0.2) is 43.0 Å². The number of carbonyl (C=O) groups excluding carboxylic acids is 2. The number of esters is 1. The maximum atomic E-state index is 11.8. The Morgan fingerprint density at radius 2 is 2.10 bits per heavy atom. The van der Waals surface area contributed by atoms with Gasteiger partial charge in [0, 0.05) is 20.1 Å². The number of rotatable bonds is 4. The molecule has 0 saturated carbocycles. The second kappa shape index (κ2) is 7.87. The van der Waals surface area contributed by atoms with Gasteiger partial charge in [0.05, 0.1) is 12.5 Å². The molecule has 0 radical (unpaired) electrons. The standard InChI is InChI=1S/C14H18N2O3.ClH/c1-16-8-7-15-12(14(16)18)9-13(17)19-10-11-5-3-2-4-6-11;/h2-6,12,15H,7-10H2,1H3;1H. The van der Waals surface area contributed by atoms with Gasteiger partial charge in [0.15, 0.2) is 0 Å². The quantitative estimate of drug-likeness (QED) is 0.842. The number of hydrogen-bond donors (Lipinski definition) is 1. The van der Waals surface area contributed by atoms with Crippen LogP contribution in [0.15, 0.2) is 30.3 Å². The first kappa shape index (κ1) is 16.5. The molecular weight excluding hydrogens is 280 g/mol. The zero-order chi connectivity index (χ0) is 13.7. The van der Waals surface area contributed by atoms with Crippen LogP contribution in [0.5, 0.6) is 0 Å². The summed E-state index contributed by atoms with van der Waals surface area (Å²) in [4.78, 5) is 25.1. The number of amides is 1. The van der Waals surface area contributed by atoms with E-state index in [4.69, 9.17) is 4.74 Å². The van der Waals surface area contributed by atoms with E-state index in [1.165, 1.54) is 0 Å². The number of piperazine rings is 1. The van der Waals surface area contributed by atoms with Crippen molar-refractivity contribution in [2.45, 2.75) is 19.1 Å². The summed E-state index contributed by atoms with van der Waals surface area (Å²) >= 11 is 0. The summed E-state index contributed by atoms with van der Waals surface area (Å²) in [6.07, 6.45) is 0.0794. The highest BCUT2D eigenvalue weighted by atomic mass is 35.5. The number of nitrogens with one attached hydrogen (secondary N) is 1. The van der Waals surface area contributed by atoms with Gasteiger partial charge < -0.3 is 15.0 Å². The summed E-state index contributed by atoms with van der Waals surface area (Å²) in [6.45, 7) is 1.63. The SMILES string of the molecule is CN1CCNC(CC(=O)OCc2ccccc2)C1=O.Cl. The van der Waals surface area contributed by atoms with Gasteiger partial charge in [0.2, 0.25) is 5.91 Å². The van der Waals surface area contributed by atoms with Gasteiger partial charge in [-0.05, 0) is 5.56 Å². The molecular formula is C14H19ClN2O3. The van der Waals surface area contributed by atoms with Crippen molar-refractivity contribution in [2.24, 2.45) is 0 Å². The second-order valence-electron chi connectivity index (χ2n) is 4.62. The normalized spacial score (nSPS) is 18.4. The van der Waals surface area contributed by atoms with E-state index in [9.17, 15) is 9.59 Å². The smallest absolute Gasteiger partial charge is 0.308 e. The molecule has 5 nitrogen and oxygen atoms in total. The number of benzene rings is 1. The lowest BCUT2D eigenvalue weighted by molar-refractivity contribution is -0.149. The van der Waals surface area contributed by atoms with E-state index in [0.29, 0.717) is 13.1 Å². The van der Waals surface area contributed by atoms with Crippen LogP contribution in [0, 0.1) is 0 Å². The Morgan fingerprint density at radius 1 is 1.40 bits per heavy atom. The molecule has 0 aromatic heterocycles. The van der Waals surface area contributed by atoms with Gasteiger partial charge in [-0.15, -0.1) is 12.4 Å². The molecule has 110 valence electrons. The number of ether oxygens (including phenoxy) is 1. The molecule has 0 aliphatic carbocycles. The van der Waals surface area contributed by atoms with E-state index < -0.39 is 6.04 Å². The van der Waals surface area contributed by atoms with E-state index in [0.717, 1.165) is 5.56 Å². The van der Waals surface area contributed by atoms with E-state index in [1.54, 1.807) is 11.9 Å². The zero-order valence-corrected chi connectivity index (χ0v) is 12.2. The molecule has 0 bridgehead atoms. The van der Waals surface area contributed by atoms with Crippen LogP contribution in [0.4, 0.5) is 0 Å². The highest BCUT2D eigenvalue weighted by Crippen LogP contribution is 2.06. The predicted octanol–water partition coefficient (Wildman–Crippen LogP) is 0.972. The highest BCUT2D eigenvalue weighted by Gasteiger charge is 2.28. The van der Waals surface area contributed by atoms with Crippen molar-refractivity contribution in [3.05, 3.63) is 35.9 Å². The lowest BCUT2D eigenvalue weighted by Gasteiger charge is -2.29. The fraction of sp³-hybridized carbons (Fsp3) is 0.429. The number of halogens is 1. The summed E-state index contributed by atoms with van der Waals surface area (Å²) in [6, 6.07) is 9.03. The molecule has 1 unspecified atom stereocenters. The molecule has 1 saturated heterocycles. The Bertz CT molecular complexity index is 453. The van der Waals surface area contributed by atoms with Gasteiger partial charge in [-0.2, -0.15) is 0 Å². The van der Waals surface area contributed by atoms with Crippen molar-refractivity contribution >= 4 is 24.3 Å². The molecule has 1 aromatic rings. The third-order valence-corrected chi connectivity index (χ3v) is 3.13. The summed E-state index contributed by atoms with van der Waals surface area (Å²) in [7, 11) is 1.74. The fourth-order valence-electron chi connectivity index (χ4n) is 1.99. The van der Waals surface area contributed by atoms with Crippen LogP contribution >= 0.6 is 12.4 Å². The second-order valence-corrected chi connectivity index (χ2v) is 4.62. The van der Waals surface area contributed by atoms with Gasteiger partial charge >= 0.3 is 5.97 Å². The molecule has 1 heterocycles. The molecule has 1 aliphatic heterocycles. The van der Waals surface area contributed by atoms with Gasteiger partial charge in [-0.25, -0.2) is 0 Å². The topological polar surface area (TPSA) is 58.6 Å². The fourth-order valence-corrected chi connectivity index (χ4v) is 1.99.